The Morgan fingerprint density at radius 1 is 1.21 bits per heavy atom. The molecule has 42 heavy (non-hydrogen) atoms. The van der Waals surface area contributed by atoms with E-state index in [0.717, 1.165) is 35.8 Å². The number of thiophene rings is 1. The van der Waals surface area contributed by atoms with Crippen LogP contribution in [0.25, 0.3) is 21.0 Å². The first-order valence-electron chi connectivity index (χ1n) is 14.0. The van der Waals surface area contributed by atoms with E-state index in [9.17, 15) is 19.5 Å². The third-order valence-corrected chi connectivity index (χ3v) is 9.66. The number of carboxylic acids is 1. The van der Waals surface area contributed by atoms with Crippen molar-refractivity contribution in [2.75, 3.05) is 7.11 Å². The lowest BCUT2D eigenvalue weighted by atomic mass is 10.0. The number of para-hydroxylation sites is 1. The fourth-order valence-corrected chi connectivity index (χ4v) is 7.34. The van der Waals surface area contributed by atoms with Crippen LogP contribution >= 0.6 is 11.3 Å². The number of methoxy groups -OCH3 is 1. The molecule has 2 bridgehead atoms. The second kappa shape index (κ2) is 10.8. The summed E-state index contributed by atoms with van der Waals surface area (Å²) >= 11 is 1.21. The van der Waals surface area contributed by atoms with Crippen molar-refractivity contribution in [3.8, 4) is 16.5 Å². The molecule has 11 nitrogen and oxygen atoms in total. The SMILES string of the molecule is COc1ccccc1[C@H](Cn1c(=O)n(C(C)(C)C(=O)O)c(=O)c2c(C)c(-c3ncco3)sc21)O[C@H]1C[C@H]2CC[C@@H](C1)O2. The van der Waals surface area contributed by atoms with Crippen LogP contribution in [-0.4, -0.2) is 50.6 Å². The highest BCUT2D eigenvalue weighted by molar-refractivity contribution is 7.22. The summed E-state index contributed by atoms with van der Waals surface area (Å²) < 4.78 is 26.3. The molecule has 6 rings (SSSR count). The summed E-state index contributed by atoms with van der Waals surface area (Å²) in [5, 5.41) is 10.3. The summed E-state index contributed by atoms with van der Waals surface area (Å²) in [7, 11) is 1.58. The molecule has 3 aromatic heterocycles. The number of carboxylic acid groups (broad SMARTS) is 1. The molecule has 0 saturated carbocycles. The van der Waals surface area contributed by atoms with Crippen LogP contribution in [0.5, 0.6) is 5.75 Å². The van der Waals surface area contributed by atoms with Crippen molar-refractivity contribution in [1.82, 2.24) is 14.1 Å². The summed E-state index contributed by atoms with van der Waals surface area (Å²) in [5.74, 6) is -0.390. The van der Waals surface area contributed by atoms with Gasteiger partial charge in [0, 0.05) is 5.56 Å². The van der Waals surface area contributed by atoms with E-state index >= 15 is 0 Å². The molecule has 1 N–H and O–H groups in total. The van der Waals surface area contributed by atoms with Crippen molar-refractivity contribution in [2.24, 2.45) is 0 Å². The molecule has 0 aliphatic carbocycles. The van der Waals surface area contributed by atoms with Gasteiger partial charge in [-0.15, -0.1) is 11.3 Å². The largest absolute Gasteiger partial charge is 0.496 e. The molecule has 4 aromatic rings. The number of aliphatic carboxylic acids is 1. The number of carbonyl (C=O) groups is 1. The molecule has 2 aliphatic rings. The maximum atomic E-state index is 14.2. The number of oxazole rings is 1. The Morgan fingerprint density at radius 3 is 2.57 bits per heavy atom. The Bertz CT molecular complexity index is 1740. The number of aryl methyl sites for hydroxylation is 1. The highest BCUT2D eigenvalue weighted by atomic mass is 32.1. The fraction of sp³-hybridized carbons (Fsp3) is 0.467. The van der Waals surface area contributed by atoms with Gasteiger partial charge < -0.3 is 23.7 Å². The van der Waals surface area contributed by atoms with E-state index in [1.54, 1.807) is 14.0 Å². The van der Waals surface area contributed by atoms with Crippen molar-refractivity contribution in [1.29, 1.82) is 0 Å². The zero-order valence-corrected chi connectivity index (χ0v) is 24.7. The Labute approximate surface area is 245 Å². The molecule has 4 atom stereocenters. The molecule has 1 aromatic carbocycles. The van der Waals surface area contributed by atoms with Gasteiger partial charge in [0.1, 0.15) is 28.5 Å². The first kappa shape index (κ1) is 28.4. The summed E-state index contributed by atoms with van der Waals surface area (Å²) in [6.45, 7) is 4.45. The molecule has 2 saturated heterocycles. The van der Waals surface area contributed by atoms with Gasteiger partial charge in [-0.2, -0.15) is 0 Å². The average molecular weight is 596 g/mol. The number of aromatic nitrogens is 3. The quantitative estimate of drug-likeness (QED) is 0.297. The maximum absolute atomic E-state index is 14.2. The van der Waals surface area contributed by atoms with Crippen LogP contribution < -0.4 is 16.0 Å². The monoisotopic (exact) mass is 595 g/mol. The van der Waals surface area contributed by atoms with E-state index in [1.807, 2.05) is 24.3 Å². The van der Waals surface area contributed by atoms with Crippen molar-refractivity contribution in [2.45, 2.75) is 83.0 Å². The predicted octanol–water partition coefficient (Wildman–Crippen LogP) is 4.48. The number of fused-ring (bicyclic) bond motifs is 3. The number of benzene rings is 1. The van der Waals surface area contributed by atoms with E-state index in [1.165, 1.54) is 42.2 Å². The molecule has 12 heteroatoms. The van der Waals surface area contributed by atoms with Gasteiger partial charge in [-0.25, -0.2) is 19.1 Å². The van der Waals surface area contributed by atoms with Gasteiger partial charge in [0.25, 0.3) is 5.56 Å². The Hall–Kier alpha value is -3.74. The highest BCUT2D eigenvalue weighted by Crippen LogP contribution is 2.40. The first-order chi connectivity index (χ1) is 20.1. The van der Waals surface area contributed by atoms with Crippen molar-refractivity contribution in [3.05, 3.63) is 68.7 Å². The molecule has 0 radical (unpaired) electrons. The zero-order valence-electron chi connectivity index (χ0n) is 23.9. The van der Waals surface area contributed by atoms with Crippen LogP contribution in [0, 0.1) is 6.92 Å². The smallest absolute Gasteiger partial charge is 0.333 e. The van der Waals surface area contributed by atoms with Crippen molar-refractivity contribution in [3.63, 3.8) is 0 Å². The summed E-state index contributed by atoms with van der Waals surface area (Å²) in [4.78, 5) is 45.7. The van der Waals surface area contributed by atoms with Crippen LogP contribution in [-0.2, 0) is 26.4 Å². The Kier molecular flexibility index (Phi) is 7.32. The van der Waals surface area contributed by atoms with Gasteiger partial charge in [0.2, 0.25) is 5.89 Å². The highest BCUT2D eigenvalue weighted by Gasteiger charge is 2.39. The lowest BCUT2D eigenvalue weighted by Crippen LogP contribution is -2.52. The fourth-order valence-electron chi connectivity index (χ4n) is 6.10. The molecule has 222 valence electrons. The average Bonchev–Trinajstić information content (AvgIpc) is 3.69. The number of ether oxygens (including phenoxy) is 3. The van der Waals surface area contributed by atoms with Crippen LogP contribution in [0.4, 0.5) is 0 Å². The van der Waals surface area contributed by atoms with Gasteiger partial charge in [0.05, 0.1) is 48.4 Å². The van der Waals surface area contributed by atoms with E-state index in [4.69, 9.17) is 18.6 Å². The lowest BCUT2D eigenvalue weighted by molar-refractivity contribution is -0.146. The standard InChI is InChI=1S/C30H33N3O8S/c1-16-23-26(34)33(30(2,3)28(35)36)29(37)32(27(23)42-24(16)25-31-11-12-39-25)15-22(20-7-5-6-8-21(20)38-4)41-19-13-17-9-10-18(14-19)40-17/h5-8,11-12,17-19,22H,9-10,13-15H2,1-4H3,(H,35,36)/t17-,18+,19+,22-/m0/s1. The zero-order chi connectivity index (χ0) is 29.8. The number of hydrogen-bond acceptors (Lipinski definition) is 9. The minimum atomic E-state index is -1.82. The van der Waals surface area contributed by atoms with Gasteiger partial charge in [0.15, 0.2) is 0 Å². The predicted molar refractivity (Wildman–Crippen MR) is 155 cm³/mol. The first-order valence-corrected chi connectivity index (χ1v) is 14.8. The van der Waals surface area contributed by atoms with E-state index in [0.29, 0.717) is 26.9 Å². The molecule has 2 aliphatic heterocycles. The van der Waals surface area contributed by atoms with Crippen LogP contribution in [0.2, 0.25) is 0 Å². The molecule has 0 unspecified atom stereocenters. The topological polar surface area (TPSA) is 135 Å². The maximum Gasteiger partial charge on any atom is 0.333 e. The van der Waals surface area contributed by atoms with Crippen molar-refractivity contribution < 1.29 is 28.5 Å². The lowest BCUT2D eigenvalue weighted by Gasteiger charge is -2.32. The van der Waals surface area contributed by atoms with Gasteiger partial charge in [-0.1, -0.05) is 18.2 Å². The molecule has 0 amide bonds. The van der Waals surface area contributed by atoms with Crippen LogP contribution in [0.15, 0.2) is 50.7 Å². The number of hydrogen-bond donors (Lipinski definition) is 1. The van der Waals surface area contributed by atoms with E-state index in [2.05, 4.69) is 4.98 Å². The minimum absolute atomic E-state index is 0.0172. The Balaban J connectivity index is 1.55. The minimum Gasteiger partial charge on any atom is -0.496 e. The third kappa shape index (κ3) is 4.77. The summed E-state index contributed by atoms with van der Waals surface area (Å²) in [6.07, 6.45) is 5.95. The number of rotatable bonds is 9. The summed E-state index contributed by atoms with van der Waals surface area (Å²) in [6, 6.07) is 7.47. The molecule has 5 heterocycles. The van der Waals surface area contributed by atoms with E-state index in [-0.39, 0.29) is 30.2 Å². The molecular weight excluding hydrogens is 562 g/mol. The normalized spacial score (nSPS) is 21.1. The Morgan fingerprint density at radius 2 is 1.93 bits per heavy atom. The van der Waals surface area contributed by atoms with Gasteiger partial charge in [-0.3, -0.25) is 9.36 Å². The molecule has 2 fully saturated rings. The second-order valence-electron chi connectivity index (χ2n) is 11.4. The van der Waals surface area contributed by atoms with Crippen LogP contribution in [0.1, 0.15) is 56.8 Å². The number of nitrogens with zero attached hydrogens (tertiary/aromatic N) is 3. The van der Waals surface area contributed by atoms with Gasteiger partial charge >= 0.3 is 11.7 Å². The van der Waals surface area contributed by atoms with Crippen molar-refractivity contribution >= 4 is 27.5 Å². The van der Waals surface area contributed by atoms with Crippen LogP contribution in [0.3, 0.4) is 0 Å². The summed E-state index contributed by atoms with van der Waals surface area (Å²) in [5.41, 5.74) is -1.93. The van der Waals surface area contributed by atoms with Gasteiger partial charge in [-0.05, 0) is 58.1 Å². The van der Waals surface area contributed by atoms with E-state index < -0.39 is 28.9 Å². The molecular formula is C30H33N3O8S. The second-order valence-corrected chi connectivity index (χ2v) is 12.4. The third-order valence-electron chi connectivity index (χ3n) is 8.36. The molecule has 0 spiro atoms.